The van der Waals surface area contributed by atoms with Crippen LogP contribution < -0.4 is 5.73 Å². The van der Waals surface area contributed by atoms with Crippen LogP contribution in [0.15, 0.2) is 12.1 Å². The van der Waals surface area contributed by atoms with Crippen molar-refractivity contribution in [2.75, 3.05) is 0 Å². The maximum Gasteiger partial charge on any atom is 0.00106 e. The molecule has 0 aliphatic heterocycles. The van der Waals surface area contributed by atoms with Gasteiger partial charge in [0.1, 0.15) is 0 Å². The van der Waals surface area contributed by atoms with E-state index in [0.717, 1.165) is 6.42 Å². The monoisotopic (exact) mass is 233 g/mol. The zero-order valence-electron chi connectivity index (χ0n) is 12.0. The number of rotatable bonds is 5. The maximum atomic E-state index is 5.87. The van der Waals surface area contributed by atoms with Gasteiger partial charge in [0.25, 0.3) is 0 Å². The topological polar surface area (TPSA) is 26.0 Å². The summed E-state index contributed by atoms with van der Waals surface area (Å²) in [7, 11) is 0. The van der Waals surface area contributed by atoms with Crippen molar-refractivity contribution in [3.63, 3.8) is 0 Å². The molecule has 2 N–H and O–H groups in total. The SMILES string of the molecule is CCC(CCC(C)N)c1c(C)cc(C)cc1C. The molecule has 1 nitrogen and oxygen atoms in total. The van der Waals surface area contributed by atoms with Crippen LogP contribution in [-0.4, -0.2) is 6.04 Å². The molecular formula is C16H27N. The van der Waals surface area contributed by atoms with Gasteiger partial charge in [0.05, 0.1) is 0 Å². The highest BCUT2D eigenvalue weighted by Crippen LogP contribution is 2.31. The Morgan fingerprint density at radius 1 is 1.06 bits per heavy atom. The molecule has 0 amide bonds. The average Bonchev–Trinajstić information content (AvgIpc) is 2.21. The lowest BCUT2D eigenvalue weighted by atomic mass is 9.84. The lowest BCUT2D eigenvalue weighted by molar-refractivity contribution is 0.529. The molecule has 0 radical (unpaired) electrons. The summed E-state index contributed by atoms with van der Waals surface area (Å²) in [5.74, 6) is 0.668. The molecule has 0 aliphatic carbocycles. The van der Waals surface area contributed by atoms with Gasteiger partial charge in [0, 0.05) is 6.04 Å². The number of benzene rings is 1. The summed E-state index contributed by atoms with van der Waals surface area (Å²) in [6, 6.07) is 4.92. The molecule has 17 heavy (non-hydrogen) atoms. The first-order valence-electron chi connectivity index (χ1n) is 6.79. The molecule has 96 valence electrons. The molecule has 0 bridgehead atoms. The molecule has 0 aliphatic rings. The van der Waals surface area contributed by atoms with Crippen LogP contribution in [0.1, 0.15) is 61.3 Å². The molecular weight excluding hydrogens is 206 g/mol. The van der Waals surface area contributed by atoms with Crippen molar-refractivity contribution in [3.05, 3.63) is 34.4 Å². The van der Waals surface area contributed by atoms with Gasteiger partial charge >= 0.3 is 0 Å². The van der Waals surface area contributed by atoms with Gasteiger partial charge in [-0.25, -0.2) is 0 Å². The van der Waals surface area contributed by atoms with Crippen molar-refractivity contribution in [2.24, 2.45) is 5.73 Å². The number of aryl methyl sites for hydroxylation is 3. The largest absolute Gasteiger partial charge is 0.328 e. The van der Waals surface area contributed by atoms with Gasteiger partial charge in [-0.1, -0.05) is 24.6 Å². The van der Waals surface area contributed by atoms with Gasteiger partial charge in [-0.15, -0.1) is 0 Å². The van der Waals surface area contributed by atoms with Crippen molar-refractivity contribution in [1.29, 1.82) is 0 Å². The third kappa shape index (κ3) is 3.85. The summed E-state index contributed by atoms with van der Waals surface area (Å²) in [6.45, 7) is 11.0. The predicted molar refractivity (Wildman–Crippen MR) is 76.6 cm³/mol. The molecule has 2 atom stereocenters. The van der Waals surface area contributed by atoms with Gasteiger partial charge in [0.2, 0.25) is 0 Å². The zero-order chi connectivity index (χ0) is 13.0. The molecule has 1 rings (SSSR count). The number of hydrogen-bond donors (Lipinski definition) is 1. The predicted octanol–water partition coefficient (Wildman–Crippen LogP) is 4.23. The second-order valence-corrected chi connectivity index (χ2v) is 5.47. The second kappa shape index (κ2) is 6.20. The molecule has 0 saturated heterocycles. The van der Waals surface area contributed by atoms with Crippen LogP contribution in [0.4, 0.5) is 0 Å². The van der Waals surface area contributed by atoms with E-state index in [1.54, 1.807) is 5.56 Å². The van der Waals surface area contributed by atoms with E-state index in [4.69, 9.17) is 5.73 Å². The van der Waals surface area contributed by atoms with Crippen molar-refractivity contribution in [1.82, 2.24) is 0 Å². The fourth-order valence-corrected chi connectivity index (χ4v) is 2.85. The standard InChI is InChI=1S/C16H27N/c1-6-15(8-7-14(5)17)16-12(3)9-11(2)10-13(16)4/h9-10,14-15H,6-8,17H2,1-5H3. The maximum absolute atomic E-state index is 5.87. The Kier molecular flexibility index (Phi) is 5.20. The summed E-state index contributed by atoms with van der Waals surface area (Å²) in [6.07, 6.45) is 3.53. The molecule has 0 aromatic heterocycles. The molecule has 0 heterocycles. The second-order valence-electron chi connectivity index (χ2n) is 5.47. The van der Waals surface area contributed by atoms with Crippen LogP contribution in [0.25, 0.3) is 0 Å². The van der Waals surface area contributed by atoms with Crippen molar-refractivity contribution in [3.8, 4) is 0 Å². The number of hydrogen-bond acceptors (Lipinski definition) is 1. The van der Waals surface area contributed by atoms with Crippen molar-refractivity contribution in [2.45, 2.75) is 65.8 Å². The Morgan fingerprint density at radius 3 is 2.00 bits per heavy atom. The lowest BCUT2D eigenvalue weighted by Gasteiger charge is -2.21. The zero-order valence-corrected chi connectivity index (χ0v) is 12.0. The van der Waals surface area contributed by atoms with Gasteiger partial charge in [-0.3, -0.25) is 0 Å². The van der Waals surface area contributed by atoms with Crippen LogP contribution >= 0.6 is 0 Å². The fraction of sp³-hybridized carbons (Fsp3) is 0.625. The highest BCUT2D eigenvalue weighted by molar-refractivity contribution is 5.39. The molecule has 1 heteroatoms. The Labute approximate surface area is 106 Å². The highest BCUT2D eigenvalue weighted by atomic mass is 14.6. The van der Waals surface area contributed by atoms with E-state index in [0.29, 0.717) is 12.0 Å². The molecule has 0 spiro atoms. The molecule has 2 unspecified atom stereocenters. The molecule has 1 aromatic rings. The average molecular weight is 233 g/mol. The Morgan fingerprint density at radius 2 is 1.59 bits per heavy atom. The lowest BCUT2D eigenvalue weighted by Crippen LogP contribution is -2.16. The highest BCUT2D eigenvalue weighted by Gasteiger charge is 2.15. The van der Waals surface area contributed by atoms with Crippen LogP contribution in [-0.2, 0) is 0 Å². The van der Waals surface area contributed by atoms with E-state index in [1.165, 1.54) is 29.5 Å². The smallest absolute Gasteiger partial charge is 0.00106 e. The molecule has 0 saturated carbocycles. The quantitative estimate of drug-likeness (QED) is 0.809. The summed E-state index contributed by atoms with van der Waals surface area (Å²) >= 11 is 0. The van der Waals surface area contributed by atoms with E-state index < -0.39 is 0 Å². The number of nitrogens with two attached hydrogens (primary N) is 1. The van der Waals surface area contributed by atoms with Crippen molar-refractivity contribution < 1.29 is 0 Å². The molecule has 1 aromatic carbocycles. The summed E-state index contributed by atoms with van der Waals surface area (Å²) in [4.78, 5) is 0. The minimum absolute atomic E-state index is 0.315. The normalized spacial score (nSPS) is 14.7. The van der Waals surface area contributed by atoms with Gasteiger partial charge in [-0.2, -0.15) is 0 Å². The van der Waals surface area contributed by atoms with Crippen molar-refractivity contribution >= 4 is 0 Å². The first-order chi connectivity index (χ1) is 7.95. The van der Waals surface area contributed by atoms with Crippen LogP contribution in [0.5, 0.6) is 0 Å². The Hall–Kier alpha value is -0.820. The van der Waals surface area contributed by atoms with E-state index in [-0.39, 0.29) is 0 Å². The third-order valence-corrected chi connectivity index (χ3v) is 3.61. The summed E-state index contributed by atoms with van der Waals surface area (Å²) in [5, 5.41) is 0. The van der Waals surface area contributed by atoms with E-state index in [9.17, 15) is 0 Å². The van der Waals surface area contributed by atoms with Crippen LogP contribution in [0.2, 0.25) is 0 Å². The Balaban J connectivity index is 2.95. The summed E-state index contributed by atoms with van der Waals surface area (Å²) in [5.41, 5.74) is 11.7. The fourth-order valence-electron chi connectivity index (χ4n) is 2.85. The van der Waals surface area contributed by atoms with E-state index >= 15 is 0 Å². The van der Waals surface area contributed by atoms with Gasteiger partial charge < -0.3 is 5.73 Å². The van der Waals surface area contributed by atoms with Crippen LogP contribution in [0.3, 0.4) is 0 Å². The van der Waals surface area contributed by atoms with E-state index in [1.807, 2.05) is 0 Å². The van der Waals surface area contributed by atoms with Gasteiger partial charge in [0.15, 0.2) is 0 Å². The third-order valence-electron chi connectivity index (χ3n) is 3.61. The first-order valence-corrected chi connectivity index (χ1v) is 6.79. The minimum atomic E-state index is 0.315. The van der Waals surface area contributed by atoms with Crippen LogP contribution in [0, 0.1) is 20.8 Å². The minimum Gasteiger partial charge on any atom is -0.328 e. The van der Waals surface area contributed by atoms with E-state index in [2.05, 4.69) is 46.8 Å². The summed E-state index contributed by atoms with van der Waals surface area (Å²) < 4.78 is 0. The Bertz CT molecular complexity index is 343. The molecule has 0 fully saturated rings. The first kappa shape index (κ1) is 14.2. The van der Waals surface area contributed by atoms with Gasteiger partial charge in [-0.05, 0) is 69.6 Å².